The predicted octanol–water partition coefficient (Wildman–Crippen LogP) is 0.277. The second-order valence-corrected chi connectivity index (χ2v) is 4.73. The minimum atomic E-state index is -0.602. The molecule has 1 saturated carbocycles. The van der Waals surface area contributed by atoms with Crippen LogP contribution in [0.1, 0.15) is 25.7 Å². The molecule has 1 saturated heterocycles. The summed E-state index contributed by atoms with van der Waals surface area (Å²) in [6.07, 6.45) is 3.59. The second-order valence-electron chi connectivity index (χ2n) is 4.73. The van der Waals surface area contributed by atoms with Gasteiger partial charge in [-0.2, -0.15) is 0 Å². The van der Waals surface area contributed by atoms with Crippen LogP contribution in [0.2, 0.25) is 0 Å². The molecule has 0 bridgehead atoms. The van der Waals surface area contributed by atoms with Gasteiger partial charge in [0.05, 0.1) is 18.8 Å². The van der Waals surface area contributed by atoms with Gasteiger partial charge in [0, 0.05) is 13.1 Å². The number of nitrogens with two attached hydrogens (primary N) is 1. The van der Waals surface area contributed by atoms with Crippen LogP contribution in [0.15, 0.2) is 0 Å². The first-order chi connectivity index (χ1) is 8.14. The first-order valence-corrected chi connectivity index (χ1v) is 6.13. The van der Waals surface area contributed by atoms with E-state index in [2.05, 4.69) is 5.32 Å². The number of carbonyl (C=O) groups is 1. The van der Waals surface area contributed by atoms with E-state index >= 15 is 0 Å². The summed E-state index contributed by atoms with van der Waals surface area (Å²) >= 11 is 0. The maximum atomic E-state index is 12.1. The van der Waals surface area contributed by atoms with Gasteiger partial charge in [-0.3, -0.25) is 5.41 Å². The first-order valence-electron chi connectivity index (χ1n) is 6.13. The number of ether oxygens (including phenoxy) is 1. The van der Waals surface area contributed by atoms with Gasteiger partial charge >= 0.3 is 6.03 Å². The van der Waals surface area contributed by atoms with Crippen molar-refractivity contribution in [3.8, 4) is 0 Å². The predicted molar refractivity (Wildman–Crippen MR) is 64.0 cm³/mol. The molecule has 1 heterocycles. The van der Waals surface area contributed by atoms with Crippen LogP contribution in [0, 0.1) is 5.41 Å². The molecule has 2 amide bonds. The van der Waals surface area contributed by atoms with Crippen molar-refractivity contribution in [3.63, 3.8) is 0 Å². The lowest BCUT2D eigenvalue weighted by Gasteiger charge is -2.34. The molecule has 2 rings (SSSR count). The molecule has 96 valence electrons. The van der Waals surface area contributed by atoms with Gasteiger partial charge in [-0.15, -0.1) is 0 Å². The highest BCUT2D eigenvalue weighted by atomic mass is 16.5. The van der Waals surface area contributed by atoms with E-state index in [0.717, 1.165) is 25.7 Å². The molecular formula is C11H20N4O2. The molecule has 0 aromatic rings. The number of amidine groups is 1. The van der Waals surface area contributed by atoms with Crippen LogP contribution < -0.4 is 11.1 Å². The minimum Gasteiger partial charge on any atom is -0.386 e. The van der Waals surface area contributed by atoms with E-state index in [4.69, 9.17) is 15.9 Å². The summed E-state index contributed by atoms with van der Waals surface area (Å²) < 4.78 is 5.20. The van der Waals surface area contributed by atoms with Gasteiger partial charge in [-0.25, -0.2) is 4.79 Å². The standard InChI is InChI=1S/C11H20N4O2/c12-9(13)11(3-1-2-4-11)14-10(16)15-5-7-17-8-6-15/h1-8H2,(H3,12,13)(H,14,16). The molecule has 6 nitrogen and oxygen atoms in total. The van der Waals surface area contributed by atoms with Crippen LogP contribution in [0.5, 0.6) is 0 Å². The largest absolute Gasteiger partial charge is 0.386 e. The Morgan fingerprint density at radius 1 is 1.29 bits per heavy atom. The Balaban J connectivity index is 1.98. The first kappa shape index (κ1) is 12.2. The number of nitrogens with one attached hydrogen (secondary N) is 2. The van der Waals surface area contributed by atoms with Crippen molar-refractivity contribution in [1.82, 2.24) is 10.2 Å². The minimum absolute atomic E-state index is 0.0802. The quantitative estimate of drug-likeness (QED) is 0.478. The van der Waals surface area contributed by atoms with Gasteiger partial charge in [0.1, 0.15) is 5.84 Å². The summed E-state index contributed by atoms with van der Waals surface area (Å²) in [6, 6.07) is -0.120. The van der Waals surface area contributed by atoms with E-state index < -0.39 is 5.54 Å². The summed E-state index contributed by atoms with van der Waals surface area (Å²) in [7, 11) is 0. The monoisotopic (exact) mass is 240 g/mol. The fraction of sp³-hybridized carbons (Fsp3) is 0.818. The molecule has 2 aliphatic rings. The summed E-state index contributed by atoms with van der Waals surface area (Å²) in [5.74, 6) is 0.0802. The molecule has 17 heavy (non-hydrogen) atoms. The maximum Gasteiger partial charge on any atom is 0.318 e. The lowest BCUT2D eigenvalue weighted by atomic mass is 9.96. The van der Waals surface area contributed by atoms with Crippen LogP contribution in [-0.4, -0.2) is 48.6 Å². The molecule has 0 spiro atoms. The van der Waals surface area contributed by atoms with Gasteiger partial charge in [0.15, 0.2) is 0 Å². The van der Waals surface area contributed by atoms with E-state index in [0.29, 0.717) is 26.3 Å². The van der Waals surface area contributed by atoms with Gasteiger partial charge in [0.2, 0.25) is 0 Å². The Hall–Kier alpha value is -1.30. The molecule has 0 unspecified atom stereocenters. The highest BCUT2D eigenvalue weighted by Gasteiger charge is 2.39. The van der Waals surface area contributed by atoms with Crippen LogP contribution in [0.25, 0.3) is 0 Å². The van der Waals surface area contributed by atoms with E-state index in [1.54, 1.807) is 4.90 Å². The highest BCUT2D eigenvalue weighted by Crippen LogP contribution is 2.29. The van der Waals surface area contributed by atoms with Crippen molar-refractivity contribution in [3.05, 3.63) is 0 Å². The second kappa shape index (κ2) is 4.91. The summed E-state index contributed by atoms with van der Waals surface area (Å²) in [5, 5.41) is 10.6. The maximum absolute atomic E-state index is 12.1. The number of nitrogens with zero attached hydrogens (tertiary/aromatic N) is 1. The number of hydrogen-bond acceptors (Lipinski definition) is 3. The molecule has 4 N–H and O–H groups in total. The zero-order chi connectivity index (χ0) is 12.3. The molecule has 1 aliphatic heterocycles. The Kier molecular flexibility index (Phi) is 3.51. The molecule has 2 fully saturated rings. The smallest absolute Gasteiger partial charge is 0.318 e. The Bertz CT molecular complexity index is 307. The molecule has 0 atom stereocenters. The summed E-state index contributed by atoms with van der Waals surface area (Å²) in [4.78, 5) is 13.8. The van der Waals surface area contributed by atoms with Crippen LogP contribution in [-0.2, 0) is 4.74 Å². The molecule has 6 heteroatoms. The molecule has 1 aliphatic carbocycles. The molecule has 0 aromatic heterocycles. The number of carbonyl (C=O) groups excluding carboxylic acids is 1. The molecular weight excluding hydrogens is 220 g/mol. The highest BCUT2D eigenvalue weighted by molar-refractivity contribution is 5.92. The van der Waals surface area contributed by atoms with Crippen molar-refractivity contribution in [2.24, 2.45) is 5.73 Å². The lowest BCUT2D eigenvalue weighted by molar-refractivity contribution is 0.0519. The van der Waals surface area contributed by atoms with E-state index in [1.165, 1.54) is 0 Å². The fourth-order valence-electron chi connectivity index (χ4n) is 2.49. The number of hydrogen-bond donors (Lipinski definition) is 3. The summed E-state index contributed by atoms with van der Waals surface area (Å²) in [6.45, 7) is 2.39. The third-order valence-electron chi connectivity index (χ3n) is 3.62. The van der Waals surface area contributed by atoms with Crippen molar-refractivity contribution in [2.75, 3.05) is 26.3 Å². The molecule has 0 radical (unpaired) electrons. The Labute approximate surface area is 101 Å². The van der Waals surface area contributed by atoms with E-state index in [-0.39, 0.29) is 11.9 Å². The summed E-state index contributed by atoms with van der Waals surface area (Å²) in [5.41, 5.74) is 5.03. The van der Waals surface area contributed by atoms with Crippen molar-refractivity contribution in [1.29, 1.82) is 5.41 Å². The average Bonchev–Trinajstić information content (AvgIpc) is 2.80. The van der Waals surface area contributed by atoms with E-state index in [1.807, 2.05) is 0 Å². The molecule has 0 aromatic carbocycles. The third kappa shape index (κ3) is 2.52. The van der Waals surface area contributed by atoms with Crippen LogP contribution >= 0.6 is 0 Å². The Morgan fingerprint density at radius 3 is 2.41 bits per heavy atom. The van der Waals surface area contributed by atoms with E-state index in [9.17, 15) is 4.79 Å². The van der Waals surface area contributed by atoms with Gasteiger partial charge < -0.3 is 20.7 Å². The average molecular weight is 240 g/mol. The SMILES string of the molecule is N=C(N)C1(NC(=O)N2CCOCC2)CCCC1. The fourth-order valence-corrected chi connectivity index (χ4v) is 2.49. The third-order valence-corrected chi connectivity index (χ3v) is 3.62. The van der Waals surface area contributed by atoms with Gasteiger partial charge in [-0.05, 0) is 12.8 Å². The number of urea groups is 1. The zero-order valence-corrected chi connectivity index (χ0v) is 10.00. The zero-order valence-electron chi connectivity index (χ0n) is 10.00. The topological polar surface area (TPSA) is 91.4 Å². The lowest BCUT2D eigenvalue weighted by Crippen LogP contribution is -2.59. The van der Waals surface area contributed by atoms with Crippen molar-refractivity contribution < 1.29 is 9.53 Å². The number of rotatable bonds is 2. The number of amides is 2. The Morgan fingerprint density at radius 2 is 1.88 bits per heavy atom. The van der Waals surface area contributed by atoms with Crippen LogP contribution in [0.4, 0.5) is 4.79 Å². The number of morpholine rings is 1. The van der Waals surface area contributed by atoms with Crippen LogP contribution in [0.3, 0.4) is 0 Å². The van der Waals surface area contributed by atoms with Crippen molar-refractivity contribution >= 4 is 11.9 Å². The van der Waals surface area contributed by atoms with Gasteiger partial charge in [0.25, 0.3) is 0 Å². The van der Waals surface area contributed by atoms with Crippen molar-refractivity contribution in [2.45, 2.75) is 31.2 Å². The normalized spacial score (nSPS) is 23.4. The van der Waals surface area contributed by atoms with Gasteiger partial charge in [-0.1, -0.05) is 12.8 Å².